The Labute approximate surface area is 84.1 Å². The zero-order valence-corrected chi connectivity index (χ0v) is 8.30. The van der Waals surface area contributed by atoms with E-state index in [1.54, 1.807) is 0 Å². The summed E-state index contributed by atoms with van der Waals surface area (Å²) in [5, 5.41) is 3.40. The number of hydrogen-bond donors (Lipinski definition) is 1. The predicted octanol–water partition coefficient (Wildman–Crippen LogP) is 3.07. The number of rotatable bonds is 1. The smallest absolute Gasteiger partial charge is 0.0830 e. The summed E-state index contributed by atoms with van der Waals surface area (Å²) >= 11 is 6.05. The van der Waals surface area contributed by atoms with E-state index in [0.717, 1.165) is 6.42 Å². The van der Waals surface area contributed by atoms with Gasteiger partial charge in [0.05, 0.1) is 5.50 Å². The minimum absolute atomic E-state index is 0.152. The Balaban J connectivity index is 2.08. The third-order valence-electron chi connectivity index (χ3n) is 2.53. The van der Waals surface area contributed by atoms with E-state index in [1.807, 2.05) is 6.07 Å². The van der Waals surface area contributed by atoms with Gasteiger partial charge in [0.25, 0.3) is 0 Å². The van der Waals surface area contributed by atoms with Crippen LogP contribution in [0.4, 0.5) is 0 Å². The van der Waals surface area contributed by atoms with Crippen molar-refractivity contribution in [3.8, 4) is 0 Å². The van der Waals surface area contributed by atoms with E-state index in [1.165, 1.54) is 18.4 Å². The summed E-state index contributed by atoms with van der Waals surface area (Å²) in [6.07, 6.45) is 3.51. The maximum atomic E-state index is 6.05. The van der Waals surface area contributed by atoms with E-state index in [-0.39, 0.29) is 5.50 Å². The van der Waals surface area contributed by atoms with E-state index < -0.39 is 0 Å². The predicted molar refractivity (Wildman–Crippen MR) is 55.8 cm³/mol. The number of piperidine rings is 1. The number of benzene rings is 1. The maximum Gasteiger partial charge on any atom is 0.0830 e. The fourth-order valence-corrected chi connectivity index (χ4v) is 2.14. The molecule has 1 N–H and O–H groups in total. The van der Waals surface area contributed by atoms with Crippen molar-refractivity contribution in [2.75, 3.05) is 0 Å². The first-order chi connectivity index (χ1) is 6.36. The van der Waals surface area contributed by atoms with Crippen LogP contribution in [-0.4, -0.2) is 5.50 Å². The Kier molecular flexibility index (Phi) is 2.87. The van der Waals surface area contributed by atoms with Crippen molar-refractivity contribution in [1.29, 1.82) is 0 Å². The van der Waals surface area contributed by atoms with E-state index in [4.69, 9.17) is 11.6 Å². The second-order valence-electron chi connectivity index (χ2n) is 3.53. The van der Waals surface area contributed by atoms with Crippen LogP contribution in [0.15, 0.2) is 30.3 Å². The molecular formula is C11H14ClN. The van der Waals surface area contributed by atoms with Gasteiger partial charge in [-0.1, -0.05) is 30.3 Å². The third-order valence-corrected chi connectivity index (χ3v) is 2.88. The highest BCUT2D eigenvalue weighted by Crippen LogP contribution is 2.26. The van der Waals surface area contributed by atoms with Crippen LogP contribution in [0.1, 0.15) is 30.9 Å². The molecule has 0 amide bonds. The molecule has 1 aliphatic rings. The summed E-state index contributed by atoms with van der Waals surface area (Å²) in [5.41, 5.74) is 1.51. The van der Waals surface area contributed by atoms with E-state index in [9.17, 15) is 0 Å². The summed E-state index contributed by atoms with van der Waals surface area (Å²) in [6, 6.07) is 11.0. The van der Waals surface area contributed by atoms with Crippen LogP contribution in [-0.2, 0) is 0 Å². The van der Waals surface area contributed by atoms with Crippen molar-refractivity contribution in [2.45, 2.75) is 30.8 Å². The minimum atomic E-state index is 0.152. The summed E-state index contributed by atoms with van der Waals surface area (Å²) in [4.78, 5) is 0. The number of alkyl halides is 1. The molecule has 0 spiro atoms. The average Bonchev–Trinajstić information content (AvgIpc) is 2.19. The van der Waals surface area contributed by atoms with Crippen molar-refractivity contribution in [2.24, 2.45) is 0 Å². The monoisotopic (exact) mass is 195 g/mol. The fourth-order valence-electron chi connectivity index (χ4n) is 1.83. The number of halogens is 1. The van der Waals surface area contributed by atoms with E-state index in [0.29, 0.717) is 6.04 Å². The molecule has 1 aromatic rings. The summed E-state index contributed by atoms with van der Waals surface area (Å²) in [6.45, 7) is 0. The summed E-state index contributed by atoms with van der Waals surface area (Å²) in [5.74, 6) is 0. The first-order valence-corrected chi connectivity index (χ1v) is 5.25. The van der Waals surface area contributed by atoms with Gasteiger partial charge in [0.2, 0.25) is 0 Å². The maximum absolute atomic E-state index is 6.05. The van der Waals surface area contributed by atoms with Gasteiger partial charge in [0.1, 0.15) is 0 Å². The van der Waals surface area contributed by atoms with Gasteiger partial charge in [-0.2, -0.15) is 0 Å². The molecule has 0 aromatic heterocycles. The highest BCUT2D eigenvalue weighted by atomic mass is 35.5. The lowest BCUT2D eigenvalue weighted by molar-refractivity contribution is 0.386. The highest BCUT2D eigenvalue weighted by Gasteiger charge is 2.19. The van der Waals surface area contributed by atoms with E-state index >= 15 is 0 Å². The first kappa shape index (κ1) is 9.04. The molecule has 0 radical (unpaired) electrons. The van der Waals surface area contributed by atoms with Gasteiger partial charge in [-0.3, -0.25) is 5.32 Å². The van der Waals surface area contributed by atoms with Crippen LogP contribution >= 0.6 is 11.6 Å². The molecule has 0 bridgehead atoms. The molecule has 2 rings (SSSR count). The van der Waals surface area contributed by atoms with Crippen LogP contribution in [0.5, 0.6) is 0 Å². The van der Waals surface area contributed by atoms with Gasteiger partial charge in [-0.25, -0.2) is 0 Å². The molecule has 2 unspecified atom stereocenters. The molecule has 13 heavy (non-hydrogen) atoms. The highest BCUT2D eigenvalue weighted by molar-refractivity contribution is 6.20. The zero-order valence-electron chi connectivity index (χ0n) is 7.54. The summed E-state index contributed by atoms with van der Waals surface area (Å²) < 4.78 is 0. The molecule has 0 aliphatic carbocycles. The van der Waals surface area contributed by atoms with Crippen molar-refractivity contribution in [3.63, 3.8) is 0 Å². The Bertz CT molecular complexity index is 260. The second-order valence-corrected chi connectivity index (χ2v) is 4.06. The van der Waals surface area contributed by atoms with Gasteiger partial charge in [0, 0.05) is 6.04 Å². The Morgan fingerprint density at radius 2 is 1.92 bits per heavy atom. The molecule has 1 nitrogen and oxygen atoms in total. The molecule has 1 saturated heterocycles. The minimum Gasteiger partial charge on any atom is -0.294 e. The zero-order chi connectivity index (χ0) is 9.10. The topological polar surface area (TPSA) is 12.0 Å². The molecule has 1 aromatic carbocycles. The van der Waals surface area contributed by atoms with Gasteiger partial charge in [-0.15, -0.1) is 11.6 Å². The van der Waals surface area contributed by atoms with Crippen LogP contribution in [0.2, 0.25) is 0 Å². The first-order valence-electron chi connectivity index (χ1n) is 4.81. The fraction of sp³-hybridized carbons (Fsp3) is 0.455. The molecule has 2 heteroatoms. The van der Waals surface area contributed by atoms with E-state index in [2.05, 4.69) is 29.6 Å². The van der Waals surface area contributed by atoms with Gasteiger partial charge >= 0.3 is 0 Å². The van der Waals surface area contributed by atoms with Gasteiger partial charge < -0.3 is 0 Å². The standard InChI is InChI=1S/C11H14ClN/c12-11-8-4-7-10(13-11)9-5-2-1-3-6-9/h1-3,5-6,10-11,13H,4,7-8H2. The van der Waals surface area contributed by atoms with Gasteiger partial charge in [-0.05, 0) is 24.8 Å². The lowest BCUT2D eigenvalue weighted by atomic mass is 9.98. The Morgan fingerprint density at radius 1 is 1.15 bits per heavy atom. The molecule has 1 fully saturated rings. The molecule has 70 valence electrons. The molecular weight excluding hydrogens is 182 g/mol. The largest absolute Gasteiger partial charge is 0.294 e. The van der Waals surface area contributed by atoms with Crippen LogP contribution < -0.4 is 5.32 Å². The van der Waals surface area contributed by atoms with Crippen molar-refractivity contribution in [3.05, 3.63) is 35.9 Å². The number of hydrogen-bond acceptors (Lipinski definition) is 1. The van der Waals surface area contributed by atoms with Crippen LogP contribution in [0.3, 0.4) is 0 Å². The molecule has 0 saturated carbocycles. The third kappa shape index (κ3) is 2.23. The van der Waals surface area contributed by atoms with Crippen molar-refractivity contribution in [1.82, 2.24) is 5.32 Å². The van der Waals surface area contributed by atoms with Crippen LogP contribution in [0, 0.1) is 0 Å². The number of nitrogens with one attached hydrogen (secondary N) is 1. The molecule has 2 atom stereocenters. The second kappa shape index (κ2) is 4.12. The lowest BCUT2D eigenvalue weighted by Gasteiger charge is -2.27. The van der Waals surface area contributed by atoms with Crippen molar-refractivity contribution < 1.29 is 0 Å². The quantitative estimate of drug-likeness (QED) is 0.537. The Morgan fingerprint density at radius 3 is 2.62 bits per heavy atom. The summed E-state index contributed by atoms with van der Waals surface area (Å²) in [7, 11) is 0. The van der Waals surface area contributed by atoms with Crippen molar-refractivity contribution >= 4 is 11.6 Å². The average molecular weight is 196 g/mol. The molecule has 1 aliphatic heterocycles. The SMILES string of the molecule is ClC1CCCC(c2ccccc2)N1. The normalized spacial score (nSPS) is 28.7. The Hall–Kier alpha value is -0.530. The molecule has 1 heterocycles. The van der Waals surface area contributed by atoms with Gasteiger partial charge in [0.15, 0.2) is 0 Å². The lowest BCUT2D eigenvalue weighted by Crippen LogP contribution is -2.32. The van der Waals surface area contributed by atoms with Crippen LogP contribution in [0.25, 0.3) is 0 Å².